The van der Waals surface area contributed by atoms with Crippen LogP contribution in [0.15, 0.2) is 60.8 Å². The van der Waals surface area contributed by atoms with Crippen LogP contribution in [-0.4, -0.2) is 18.8 Å². The van der Waals surface area contributed by atoms with Crippen LogP contribution in [0.2, 0.25) is 0 Å². The van der Waals surface area contributed by atoms with Gasteiger partial charge < -0.3 is 19.4 Å². The highest BCUT2D eigenvalue weighted by molar-refractivity contribution is 5.49. The number of methoxy groups -OCH3 is 2. The van der Waals surface area contributed by atoms with Gasteiger partial charge in [0.1, 0.15) is 0 Å². The Morgan fingerprint density at radius 1 is 0.958 bits per heavy atom. The van der Waals surface area contributed by atoms with Gasteiger partial charge in [0.05, 0.1) is 20.3 Å². The van der Waals surface area contributed by atoms with E-state index in [1.807, 2.05) is 12.1 Å². The van der Waals surface area contributed by atoms with Gasteiger partial charge in [0.15, 0.2) is 11.5 Å². The molecule has 1 aliphatic heterocycles. The summed E-state index contributed by atoms with van der Waals surface area (Å²) in [5.41, 5.74) is 4.89. The molecule has 0 spiro atoms. The Morgan fingerprint density at radius 2 is 1.79 bits per heavy atom. The Bertz CT molecular complexity index is 870. The highest BCUT2D eigenvalue weighted by Crippen LogP contribution is 2.35. The van der Waals surface area contributed by atoms with Gasteiger partial charge in [-0.3, -0.25) is 0 Å². The van der Waals surface area contributed by atoms with Crippen molar-refractivity contribution in [2.24, 2.45) is 0 Å². The van der Waals surface area contributed by atoms with Crippen molar-refractivity contribution in [3.8, 4) is 17.2 Å². The average molecular weight is 320 g/mol. The minimum Gasteiger partial charge on any atom is -0.493 e. The van der Waals surface area contributed by atoms with Crippen molar-refractivity contribution in [2.75, 3.05) is 14.2 Å². The molecule has 1 aromatic heterocycles. The fraction of sp³-hybridized carbons (Fsp3) is 0.200. The molecule has 0 saturated carbocycles. The maximum atomic E-state index is 5.47. The van der Waals surface area contributed by atoms with Crippen LogP contribution < -0.4 is 14.8 Å². The third-order valence-corrected chi connectivity index (χ3v) is 4.56. The minimum atomic E-state index is 0.0900. The summed E-state index contributed by atoms with van der Waals surface area (Å²) in [6, 6.07) is 18.9. The maximum Gasteiger partial charge on any atom is 0.161 e. The lowest BCUT2D eigenvalue weighted by molar-refractivity contribution is 0.354. The molecule has 1 N–H and O–H groups in total. The first-order valence-corrected chi connectivity index (χ1v) is 8.02. The molecule has 0 fully saturated rings. The van der Waals surface area contributed by atoms with E-state index in [9.17, 15) is 0 Å². The van der Waals surface area contributed by atoms with Crippen molar-refractivity contribution < 1.29 is 9.47 Å². The first-order valence-electron chi connectivity index (χ1n) is 8.02. The Hall–Kier alpha value is -2.72. The van der Waals surface area contributed by atoms with Crippen LogP contribution in [0.1, 0.15) is 22.9 Å². The van der Waals surface area contributed by atoms with Crippen LogP contribution in [0, 0.1) is 0 Å². The number of para-hydroxylation sites is 1. The molecule has 24 heavy (non-hydrogen) atoms. The fourth-order valence-corrected chi connectivity index (χ4v) is 3.38. The van der Waals surface area contributed by atoms with Gasteiger partial charge in [-0.05, 0) is 41.5 Å². The molecular weight excluding hydrogens is 300 g/mol. The lowest BCUT2D eigenvalue weighted by atomic mass is 10.0. The molecule has 4 nitrogen and oxygen atoms in total. The Morgan fingerprint density at radius 3 is 2.62 bits per heavy atom. The largest absolute Gasteiger partial charge is 0.493 e. The van der Waals surface area contributed by atoms with E-state index in [0.29, 0.717) is 0 Å². The number of ether oxygens (including phenoxy) is 2. The van der Waals surface area contributed by atoms with E-state index in [4.69, 9.17) is 9.47 Å². The molecule has 2 heterocycles. The van der Waals surface area contributed by atoms with Gasteiger partial charge in [-0.1, -0.05) is 24.3 Å². The average Bonchev–Trinajstić information content (AvgIpc) is 3.05. The van der Waals surface area contributed by atoms with Crippen molar-refractivity contribution in [3.05, 3.63) is 77.6 Å². The van der Waals surface area contributed by atoms with Gasteiger partial charge >= 0.3 is 0 Å². The quantitative estimate of drug-likeness (QED) is 0.799. The van der Waals surface area contributed by atoms with Gasteiger partial charge in [-0.15, -0.1) is 0 Å². The van der Waals surface area contributed by atoms with E-state index in [1.54, 1.807) is 14.2 Å². The third-order valence-electron chi connectivity index (χ3n) is 4.56. The van der Waals surface area contributed by atoms with E-state index in [-0.39, 0.29) is 6.04 Å². The predicted molar refractivity (Wildman–Crippen MR) is 94.0 cm³/mol. The van der Waals surface area contributed by atoms with Crippen molar-refractivity contribution in [1.29, 1.82) is 0 Å². The van der Waals surface area contributed by atoms with Crippen LogP contribution in [0.5, 0.6) is 11.5 Å². The van der Waals surface area contributed by atoms with E-state index >= 15 is 0 Å². The van der Waals surface area contributed by atoms with Crippen LogP contribution in [-0.2, 0) is 6.54 Å². The summed E-state index contributed by atoms with van der Waals surface area (Å²) < 4.78 is 13.1. The topological polar surface area (TPSA) is 35.4 Å². The summed E-state index contributed by atoms with van der Waals surface area (Å²) in [7, 11) is 3.32. The van der Waals surface area contributed by atoms with Gasteiger partial charge in [0, 0.05) is 24.1 Å². The normalized spacial score (nSPS) is 16.0. The number of fused-ring (bicyclic) bond motifs is 3. The second-order valence-electron chi connectivity index (χ2n) is 5.86. The predicted octanol–water partition coefficient (Wildman–Crippen LogP) is 3.69. The number of rotatable bonds is 3. The standard InChI is InChI=1S/C20H20N2O2/c1-23-18-10-9-14(12-19(18)24-2)20-17-8-5-11-22(17)16-7-4-3-6-15(16)13-21-20/h3-12,20-21H,13H2,1-2H3/t20-/m0/s1. The van der Waals surface area contributed by atoms with Gasteiger partial charge in [0.25, 0.3) is 0 Å². The van der Waals surface area contributed by atoms with Gasteiger partial charge in [-0.2, -0.15) is 0 Å². The lowest BCUT2D eigenvalue weighted by Gasteiger charge is -2.19. The summed E-state index contributed by atoms with van der Waals surface area (Å²) in [5, 5.41) is 3.67. The summed E-state index contributed by atoms with van der Waals surface area (Å²) >= 11 is 0. The second kappa shape index (κ2) is 6.06. The molecule has 4 rings (SSSR count). The number of aromatic nitrogens is 1. The zero-order chi connectivity index (χ0) is 16.5. The van der Waals surface area contributed by atoms with E-state index < -0.39 is 0 Å². The highest BCUT2D eigenvalue weighted by atomic mass is 16.5. The second-order valence-corrected chi connectivity index (χ2v) is 5.86. The molecule has 3 aromatic rings. The first-order chi connectivity index (χ1) is 11.8. The zero-order valence-electron chi connectivity index (χ0n) is 13.8. The third kappa shape index (κ3) is 2.36. The molecule has 2 aromatic carbocycles. The van der Waals surface area contributed by atoms with Crippen molar-refractivity contribution >= 4 is 0 Å². The molecular formula is C20H20N2O2. The summed E-state index contributed by atoms with van der Waals surface area (Å²) in [6.45, 7) is 0.816. The molecule has 1 aliphatic rings. The Kier molecular flexibility index (Phi) is 3.75. The summed E-state index contributed by atoms with van der Waals surface area (Å²) in [4.78, 5) is 0. The van der Waals surface area contributed by atoms with Crippen LogP contribution in [0.3, 0.4) is 0 Å². The molecule has 0 unspecified atom stereocenters. The molecule has 122 valence electrons. The highest BCUT2D eigenvalue weighted by Gasteiger charge is 2.23. The molecule has 4 heteroatoms. The fourth-order valence-electron chi connectivity index (χ4n) is 3.38. The van der Waals surface area contributed by atoms with Gasteiger partial charge in [0.2, 0.25) is 0 Å². The van der Waals surface area contributed by atoms with Crippen LogP contribution in [0.4, 0.5) is 0 Å². The summed E-state index contributed by atoms with van der Waals surface area (Å²) in [5.74, 6) is 1.49. The molecule has 0 radical (unpaired) electrons. The SMILES string of the molecule is COc1ccc([C@@H]2NCc3ccccc3-n3cccc32)cc1OC. The summed E-state index contributed by atoms with van der Waals surface area (Å²) in [6.07, 6.45) is 2.12. The van der Waals surface area contributed by atoms with E-state index in [1.165, 1.54) is 16.9 Å². The molecule has 0 saturated heterocycles. The Labute approximate surface area is 141 Å². The molecule has 1 atom stereocenters. The van der Waals surface area contributed by atoms with Gasteiger partial charge in [-0.25, -0.2) is 0 Å². The number of hydrogen-bond donors (Lipinski definition) is 1. The van der Waals surface area contributed by atoms with Crippen LogP contribution in [0.25, 0.3) is 5.69 Å². The molecule has 0 aliphatic carbocycles. The van der Waals surface area contributed by atoms with Crippen LogP contribution >= 0.6 is 0 Å². The minimum absolute atomic E-state index is 0.0900. The number of nitrogens with one attached hydrogen (secondary N) is 1. The van der Waals surface area contributed by atoms with Crippen molar-refractivity contribution in [3.63, 3.8) is 0 Å². The Balaban J connectivity index is 1.81. The molecule has 0 bridgehead atoms. The van der Waals surface area contributed by atoms with Crippen molar-refractivity contribution in [2.45, 2.75) is 12.6 Å². The molecule has 0 amide bonds. The van der Waals surface area contributed by atoms with Crippen molar-refractivity contribution in [1.82, 2.24) is 9.88 Å². The smallest absolute Gasteiger partial charge is 0.161 e. The number of hydrogen-bond acceptors (Lipinski definition) is 3. The lowest BCUT2D eigenvalue weighted by Crippen LogP contribution is -2.21. The van der Waals surface area contributed by atoms with E-state index in [2.05, 4.69) is 58.5 Å². The first kappa shape index (κ1) is 14.8. The zero-order valence-corrected chi connectivity index (χ0v) is 13.8. The maximum absolute atomic E-state index is 5.47. The number of benzene rings is 2. The monoisotopic (exact) mass is 320 g/mol. The van der Waals surface area contributed by atoms with E-state index in [0.717, 1.165) is 23.6 Å². The number of nitrogens with zero attached hydrogens (tertiary/aromatic N) is 1.